The predicted octanol–water partition coefficient (Wildman–Crippen LogP) is 3.93. The standard InChI is InChI=1S/C20H19ClN4O/c1-12-18-19(24-23-12)15-4-2-3-5-17(15)25(20(18)26)11-10-16(22)13-6-8-14(21)9-7-13/h2-9,16H,10-11,22H2,1H3,(H,23,24). The van der Waals surface area contributed by atoms with Gasteiger partial charge in [-0.25, -0.2) is 0 Å². The van der Waals surface area contributed by atoms with Gasteiger partial charge in [0.1, 0.15) is 5.52 Å². The summed E-state index contributed by atoms with van der Waals surface area (Å²) in [6, 6.07) is 15.2. The van der Waals surface area contributed by atoms with Crippen LogP contribution in [-0.2, 0) is 6.54 Å². The maximum Gasteiger partial charge on any atom is 0.262 e. The van der Waals surface area contributed by atoms with Crippen LogP contribution in [0.4, 0.5) is 0 Å². The molecule has 0 saturated heterocycles. The molecule has 2 aromatic carbocycles. The number of nitrogens with zero attached hydrogens (tertiary/aromatic N) is 2. The molecule has 6 heteroatoms. The first-order valence-corrected chi connectivity index (χ1v) is 8.91. The summed E-state index contributed by atoms with van der Waals surface area (Å²) in [4.78, 5) is 13.1. The molecule has 0 fully saturated rings. The number of hydrogen-bond donors (Lipinski definition) is 2. The molecule has 0 bridgehead atoms. The average molecular weight is 367 g/mol. The van der Waals surface area contributed by atoms with Gasteiger partial charge in [0.15, 0.2) is 0 Å². The van der Waals surface area contributed by atoms with Crippen LogP contribution in [0.15, 0.2) is 53.3 Å². The van der Waals surface area contributed by atoms with Gasteiger partial charge in [0.05, 0.1) is 10.9 Å². The van der Waals surface area contributed by atoms with Crippen LogP contribution in [-0.4, -0.2) is 14.8 Å². The van der Waals surface area contributed by atoms with E-state index in [2.05, 4.69) is 10.2 Å². The van der Waals surface area contributed by atoms with Gasteiger partial charge in [-0.2, -0.15) is 5.10 Å². The number of rotatable bonds is 4. The Labute approximate surface area is 155 Å². The van der Waals surface area contributed by atoms with Crippen molar-refractivity contribution in [1.29, 1.82) is 0 Å². The number of pyridine rings is 1. The second-order valence-electron chi connectivity index (χ2n) is 6.49. The Hall–Kier alpha value is -2.63. The van der Waals surface area contributed by atoms with Crippen molar-refractivity contribution >= 4 is 33.4 Å². The molecule has 2 aromatic heterocycles. The number of aromatic nitrogens is 3. The third-order valence-corrected chi connectivity index (χ3v) is 5.07. The fourth-order valence-electron chi connectivity index (χ4n) is 3.41. The zero-order valence-corrected chi connectivity index (χ0v) is 15.1. The van der Waals surface area contributed by atoms with Crippen LogP contribution < -0.4 is 11.3 Å². The van der Waals surface area contributed by atoms with Gasteiger partial charge in [0, 0.05) is 28.7 Å². The maximum atomic E-state index is 13.1. The van der Waals surface area contributed by atoms with E-state index < -0.39 is 0 Å². The van der Waals surface area contributed by atoms with E-state index in [9.17, 15) is 4.79 Å². The van der Waals surface area contributed by atoms with Crippen LogP contribution in [0.25, 0.3) is 21.8 Å². The molecule has 0 saturated carbocycles. The summed E-state index contributed by atoms with van der Waals surface area (Å²) in [5, 5.41) is 9.55. The first kappa shape index (κ1) is 16.8. The van der Waals surface area contributed by atoms with Gasteiger partial charge in [-0.05, 0) is 37.1 Å². The Morgan fingerprint density at radius 1 is 1.19 bits per heavy atom. The average Bonchev–Trinajstić information content (AvgIpc) is 3.04. The fourth-order valence-corrected chi connectivity index (χ4v) is 3.53. The SMILES string of the molecule is Cc1[nH]nc2c1c(=O)n(CCC(N)c1ccc(Cl)cc1)c1ccccc21. The van der Waals surface area contributed by atoms with E-state index in [4.69, 9.17) is 17.3 Å². The van der Waals surface area contributed by atoms with Gasteiger partial charge < -0.3 is 10.3 Å². The largest absolute Gasteiger partial charge is 0.324 e. The molecule has 0 aliphatic rings. The van der Waals surface area contributed by atoms with Crippen molar-refractivity contribution in [2.45, 2.75) is 25.9 Å². The van der Waals surface area contributed by atoms with E-state index in [0.29, 0.717) is 23.4 Å². The Balaban J connectivity index is 1.75. The molecule has 132 valence electrons. The third-order valence-electron chi connectivity index (χ3n) is 4.82. The molecular weight excluding hydrogens is 348 g/mol. The van der Waals surface area contributed by atoms with E-state index >= 15 is 0 Å². The lowest BCUT2D eigenvalue weighted by molar-refractivity contribution is 0.563. The Morgan fingerprint density at radius 3 is 2.69 bits per heavy atom. The Bertz CT molecular complexity index is 1140. The van der Waals surface area contributed by atoms with Gasteiger partial charge in [0.25, 0.3) is 5.56 Å². The van der Waals surface area contributed by atoms with Crippen molar-refractivity contribution in [3.63, 3.8) is 0 Å². The molecule has 1 unspecified atom stereocenters. The van der Waals surface area contributed by atoms with E-state index in [-0.39, 0.29) is 11.6 Å². The molecule has 2 heterocycles. The summed E-state index contributed by atoms with van der Waals surface area (Å²) < 4.78 is 1.80. The topological polar surface area (TPSA) is 76.7 Å². The summed E-state index contributed by atoms with van der Waals surface area (Å²) in [6.45, 7) is 2.40. The molecule has 5 nitrogen and oxygen atoms in total. The van der Waals surface area contributed by atoms with Crippen LogP contribution in [0, 0.1) is 6.92 Å². The highest BCUT2D eigenvalue weighted by Crippen LogP contribution is 2.24. The summed E-state index contributed by atoms with van der Waals surface area (Å²) in [7, 11) is 0. The lowest BCUT2D eigenvalue weighted by Gasteiger charge is -2.15. The summed E-state index contributed by atoms with van der Waals surface area (Å²) >= 11 is 5.94. The van der Waals surface area contributed by atoms with E-state index in [0.717, 1.165) is 27.7 Å². The van der Waals surface area contributed by atoms with Crippen LogP contribution in [0.5, 0.6) is 0 Å². The molecular formula is C20H19ClN4O. The predicted molar refractivity (Wildman–Crippen MR) is 106 cm³/mol. The number of nitrogens with two attached hydrogens (primary N) is 1. The molecule has 4 aromatic rings. The van der Waals surface area contributed by atoms with E-state index in [1.165, 1.54) is 0 Å². The minimum atomic E-state index is -0.168. The molecule has 26 heavy (non-hydrogen) atoms. The summed E-state index contributed by atoms with van der Waals surface area (Å²) in [5.74, 6) is 0. The number of hydrogen-bond acceptors (Lipinski definition) is 3. The second-order valence-corrected chi connectivity index (χ2v) is 6.93. The van der Waals surface area contributed by atoms with Gasteiger partial charge in [-0.3, -0.25) is 9.89 Å². The van der Waals surface area contributed by atoms with Crippen molar-refractivity contribution in [2.24, 2.45) is 5.73 Å². The lowest BCUT2D eigenvalue weighted by atomic mass is 10.0. The number of H-pyrrole nitrogens is 1. The minimum absolute atomic E-state index is 0.0340. The fraction of sp³-hybridized carbons (Fsp3) is 0.200. The Morgan fingerprint density at radius 2 is 1.92 bits per heavy atom. The van der Waals surface area contributed by atoms with Crippen molar-refractivity contribution in [2.75, 3.05) is 0 Å². The molecule has 0 spiro atoms. The van der Waals surface area contributed by atoms with Crippen molar-refractivity contribution in [1.82, 2.24) is 14.8 Å². The number of aryl methyl sites for hydroxylation is 2. The van der Waals surface area contributed by atoms with Gasteiger partial charge >= 0.3 is 0 Å². The van der Waals surface area contributed by atoms with Crippen LogP contribution >= 0.6 is 11.6 Å². The van der Waals surface area contributed by atoms with Gasteiger partial charge in [-0.15, -0.1) is 0 Å². The number of halogens is 1. The maximum absolute atomic E-state index is 13.1. The normalized spacial score (nSPS) is 12.7. The lowest BCUT2D eigenvalue weighted by Crippen LogP contribution is -2.23. The molecule has 0 aliphatic heterocycles. The highest BCUT2D eigenvalue weighted by Gasteiger charge is 2.16. The van der Waals surface area contributed by atoms with Crippen molar-refractivity contribution < 1.29 is 0 Å². The molecule has 0 radical (unpaired) electrons. The molecule has 3 N–H and O–H groups in total. The van der Waals surface area contributed by atoms with Gasteiger partial charge in [0.2, 0.25) is 0 Å². The number of para-hydroxylation sites is 1. The zero-order chi connectivity index (χ0) is 18.3. The first-order valence-electron chi connectivity index (χ1n) is 8.53. The van der Waals surface area contributed by atoms with Crippen molar-refractivity contribution in [3.8, 4) is 0 Å². The minimum Gasteiger partial charge on any atom is -0.324 e. The second kappa shape index (κ2) is 6.59. The number of benzene rings is 2. The first-order chi connectivity index (χ1) is 12.6. The molecule has 0 aliphatic carbocycles. The summed E-state index contributed by atoms with van der Waals surface area (Å²) in [5.41, 5.74) is 9.69. The number of fused-ring (bicyclic) bond motifs is 3. The molecule has 1 atom stereocenters. The Kier molecular flexibility index (Phi) is 4.26. The van der Waals surface area contributed by atoms with Crippen LogP contribution in [0.2, 0.25) is 5.02 Å². The zero-order valence-electron chi connectivity index (χ0n) is 14.4. The third kappa shape index (κ3) is 2.79. The summed E-state index contributed by atoms with van der Waals surface area (Å²) in [6.07, 6.45) is 0.647. The van der Waals surface area contributed by atoms with E-state index in [1.807, 2.05) is 55.5 Å². The van der Waals surface area contributed by atoms with Crippen LogP contribution in [0.3, 0.4) is 0 Å². The monoisotopic (exact) mass is 366 g/mol. The highest BCUT2D eigenvalue weighted by molar-refractivity contribution is 6.30. The highest BCUT2D eigenvalue weighted by atomic mass is 35.5. The molecule has 4 rings (SSSR count). The number of nitrogens with one attached hydrogen (secondary N) is 1. The number of aromatic amines is 1. The van der Waals surface area contributed by atoms with Gasteiger partial charge in [-0.1, -0.05) is 41.9 Å². The molecule has 0 amide bonds. The van der Waals surface area contributed by atoms with Crippen LogP contribution in [0.1, 0.15) is 23.7 Å². The smallest absolute Gasteiger partial charge is 0.262 e. The van der Waals surface area contributed by atoms with E-state index in [1.54, 1.807) is 4.57 Å². The quantitative estimate of drug-likeness (QED) is 0.574. The van der Waals surface area contributed by atoms with Crippen molar-refractivity contribution in [3.05, 3.63) is 75.2 Å².